The average Bonchev–Trinajstić information content (AvgIpc) is 2.45. The van der Waals surface area contributed by atoms with E-state index in [-0.39, 0.29) is 17.3 Å². The Hall–Kier alpha value is -2.49. The number of allylic oxidation sites excluding steroid dienone is 1. The van der Waals surface area contributed by atoms with E-state index in [9.17, 15) is 14.7 Å². The SMILES string of the molecule is C=C(C)C(=O)C(C)C(=O)c1ccc(O)c2ncccc12. The molecule has 0 saturated heterocycles. The van der Waals surface area contributed by atoms with E-state index in [1.54, 1.807) is 32.2 Å². The number of benzene rings is 1. The molecular formula is C16H15NO3. The number of hydrogen-bond donors (Lipinski definition) is 1. The molecule has 4 heteroatoms. The van der Waals surface area contributed by atoms with Crippen molar-refractivity contribution in [2.75, 3.05) is 0 Å². The van der Waals surface area contributed by atoms with Crippen LogP contribution in [0, 0.1) is 5.92 Å². The van der Waals surface area contributed by atoms with Crippen LogP contribution in [0.25, 0.3) is 10.9 Å². The molecule has 0 saturated carbocycles. The molecule has 0 fully saturated rings. The van der Waals surface area contributed by atoms with E-state index in [2.05, 4.69) is 11.6 Å². The predicted octanol–water partition coefficient (Wildman–Crippen LogP) is 2.90. The van der Waals surface area contributed by atoms with Gasteiger partial charge >= 0.3 is 0 Å². The quantitative estimate of drug-likeness (QED) is 0.526. The van der Waals surface area contributed by atoms with Gasteiger partial charge in [-0.25, -0.2) is 0 Å². The van der Waals surface area contributed by atoms with Crippen LogP contribution in [0.3, 0.4) is 0 Å². The third-order valence-electron chi connectivity index (χ3n) is 3.22. The van der Waals surface area contributed by atoms with Gasteiger partial charge in [0.2, 0.25) is 0 Å². The number of hydrogen-bond acceptors (Lipinski definition) is 4. The van der Waals surface area contributed by atoms with E-state index < -0.39 is 5.92 Å². The molecule has 102 valence electrons. The van der Waals surface area contributed by atoms with Gasteiger partial charge < -0.3 is 5.11 Å². The van der Waals surface area contributed by atoms with E-state index in [1.165, 1.54) is 12.1 Å². The molecule has 20 heavy (non-hydrogen) atoms. The highest BCUT2D eigenvalue weighted by Gasteiger charge is 2.24. The molecular weight excluding hydrogens is 254 g/mol. The second-order valence-corrected chi connectivity index (χ2v) is 4.76. The van der Waals surface area contributed by atoms with Gasteiger partial charge in [-0.3, -0.25) is 14.6 Å². The minimum Gasteiger partial charge on any atom is -0.506 e. The van der Waals surface area contributed by atoms with Crippen molar-refractivity contribution in [3.8, 4) is 5.75 Å². The number of phenols is 1. The highest BCUT2D eigenvalue weighted by Crippen LogP contribution is 2.27. The summed E-state index contributed by atoms with van der Waals surface area (Å²) in [5, 5.41) is 10.3. The van der Waals surface area contributed by atoms with Crippen LogP contribution in [-0.4, -0.2) is 21.7 Å². The minimum atomic E-state index is -0.791. The summed E-state index contributed by atoms with van der Waals surface area (Å²) in [4.78, 5) is 28.4. The first-order valence-electron chi connectivity index (χ1n) is 6.24. The van der Waals surface area contributed by atoms with Gasteiger partial charge in [0, 0.05) is 17.1 Å². The maximum absolute atomic E-state index is 12.4. The monoisotopic (exact) mass is 269 g/mol. The number of fused-ring (bicyclic) bond motifs is 1. The normalized spacial score (nSPS) is 12.1. The van der Waals surface area contributed by atoms with Gasteiger partial charge in [-0.1, -0.05) is 12.6 Å². The largest absolute Gasteiger partial charge is 0.506 e. The summed E-state index contributed by atoms with van der Waals surface area (Å²) >= 11 is 0. The van der Waals surface area contributed by atoms with Crippen molar-refractivity contribution in [1.29, 1.82) is 0 Å². The second-order valence-electron chi connectivity index (χ2n) is 4.76. The van der Waals surface area contributed by atoms with Gasteiger partial charge in [0.15, 0.2) is 11.6 Å². The number of aromatic hydroxyl groups is 1. The highest BCUT2D eigenvalue weighted by atomic mass is 16.3. The molecule has 0 amide bonds. The van der Waals surface area contributed by atoms with Crippen LogP contribution in [0.2, 0.25) is 0 Å². The van der Waals surface area contributed by atoms with Gasteiger partial charge in [-0.05, 0) is 37.6 Å². The molecule has 0 aliphatic carbocycles. The van der Waals surface area contributed by atoms with Crippen molar-refractivity contribution in [3.63, 3.8) is 0 Å². The van der Waals surface area contributed by atoms with Gasteiger partial charge in [-0.2, -0.15) is 0 Å². The molecule has 1 atom stereocenters. The van der Waals surface area contributed by atoms with E-state index in [0.29, 0.717) is 22.0 Å². The van der Waals surface area contributed by atoms with Crippen LogP contribution in [0.4, 0.5) is 0 Å². The number of pyridine rings is 1. The van der Waals surface area contributed by atoms with Crippen LogP contribution in [0.1, 0.15) is 24.2 Å². The van der Waals surface area contributed by atoms with Crippen molar-refractivity contribution >= 4 is 22.5 Å². The molecule has 1 aromatic carbocycles. The number of aromatic nitrogens is 1. The van der Waals surface area contributed by atoms with Crippen molar-refractivity contribution < 1.29 is 14.7 Å². The second kappa shape index (κ2) is 5.25. The topological polar surface area (TPSA) is 67.3 Å². The fourth-order valence-corrected chi connectivity index (χ4v) is 2.09. The zero-order chi connectivity index (χ0) is 14.9. The summed E-state index contributed by atoms with van der Waals surface area (Å²) in [5.74, 6) is -1.35. The Morgan fingerprint density at radius 1 is 1.30 bits per heavy atom. The summed E-state index contributed by atoms with van der Waals surface area (Å²) in [5.41, 5.74) is 1.09. The molecule has 4 nitrogen and oxygen atoms in total. The third-order valence-corrected chi connectivity index (χ3v) is 3.22. The lowest BCUT2D eigenvalue weighted by molar-refractivity contribution is -0.117. The summed E-state index contributed by atoms with van der Waals surface area (Å²) in [7, 11) is 0. The lowest BCUT2D eigenvalue weighted by Crippen LogP contribution is -2.22. The van der Waals surface area contributed by atoms with E-state index in [4.69, 9.17) is 0 Å². The minimum absolute atomic E-state index is 0.0102. The first-order valence-corrected chi connectivity index (χ1v) is 6.24. The lowest BCUT2D eigenvalue weighted by Gasteiger charge is -2.11. The van der Waals surface area contributed by atoms with Crippen LogP contribution < -0.4 is 0 Å². The molecule has 1 N–H and O–H groups in total. The fraction of sp³-hybridized carbons (Fsp3) is 0.188. The first-order chi connectivity index (χ1) is 9.43. The van der Waals surface area contributed by atoms with Crippen molar-refractivity contribution in [2.45, 2.75) is 13.8 Å². The van der Waals surface area contributed by atoms with Crippen LogP contribution in [0.5, 0.6) is 5.75 Å². The first kappa shape index (κ1) is 13.9. The Bertz CT molecular complexity index is 719. The summed E-state index contributed by atoms with van der Waals surface area (Å²) < 4.78 is 0. The van der Waals surface area contributed by atoms with Crippen LogP contribution in [-0.2, 0) is 4.79 Å². The van der Waals surface area contributed by atoms with Gasteiger partial charge in [0.1, 0.15) is 11.3 Å². The number of ketones is 2. The molecule has 0 bridgehead atoms. The molecule has 0 spiro atoms. The highest BCUT2D eigenvalue weighted by molar-refractivity contribution is 6.19. The molecule has 0 aliphatic rings. The van der Waals surface area contributed by atoms with E-state index >= 15 is 0 Å². The van der Waals surface area contributed by atoms with Crippen molar-refractivity contribution in [3.05, 3.63) is 48.2 Å². The number of phenolic OH excluding ortho intramolecular Hbond substituents is 1. The predicted molar refractivity (Wildman–Crippen MR) is 76.7 cm³/mol. The number of nitrogens with zero attached hydrogens (tertiary/aromatic N) is 1. The van der Waals surface area contributed by atoms with Gasteiger partial charge in [0.25, 0.3) is 0 Å². The lowest BCUT2D eigenvalue weighted by atomic mass is 9.90. The Kier molecular flexibility index (Phi) is 3.66. The Balaban J connectivity index is 2.54. The number of carbonyl (C=O) groups excluding carboxylic acids is 2. The zero-order valence-electron chi connectivity index (χ0n) is 11.4. The van der Waals surface area contributed by atoms with Crippen molar-refractivity contribution in [2.24, 2.45) is 5.92 Å². The molecule has 0 radical (unpaired) electrons. The molecule has 1 heterocycles. The Labute approximate surface area is 116 Å². The van der Waals surface area contributed by atoms with Crippen LogP contribution in [0.15, 0.2) is 42.6 Å². The summed E-state index contributed by atoms with van der Waals surface area (Å²) in [6.07, 6.45) is 1.54. The van der Waals surface area contributed by atoms with E-state index in [1.807, 2.05) is 0 Å². The number of carbonyl (C=O) groups is 2. The van der Waals surface area contributed by atoms with Crippen LogP contribution >= 0.6 is 0 Å². The third kappa shape index (κ3) is 2.32. The fourth-order valence-electron chi connectivity index (χ4n) is 2.09. The molecule has 0 aliphatic heterocycles. The zero-order valence-corrected chi connectivity index (χ0v) is 11.4. The molecule has 1 unspecified atom stereocenters. The van der Waals surface area contributed by atoms with E-state index in [0.717, 1.165) is 0 Å². The summed E-state index contributed by atoms with van der Waals surface area (Å²) in [6.45, 7) is 6.72. The maximum Gasteiger partial charge on any atom is 0.174 e. The molecule has 2 aromatic rings. The number of rotatable bonds is 4. The molecule has 1 aromatic heterocycles. The Morgan fingerprint density at radius 2 is 2.00 bits per heavy atom. The van der Waals surface area contributed by atoms with Gasteiger partial charge in [-0.15, -0.1) is 0 Å². The Morgan fingerprint density at radius 3 is 2.65 bits per heavy atom. The van der Waals surface area contributed by atoms with Gasteiger partial charge in [0.05, 0.1) is 5.92 Å². The maximum atomic E-state index is 12.4. The van der Waals surface area contributed by atoms with Crippen molar-refractivity contribution in [1.82, 2.24) is 4.98 Å². The summed E-state index contributed by atoms with van der Waals surface area (Å²) in [6, 6.07) is 6.32. The average molecular weight is 269 g/mol. The smallest absolute Gasteiger partial charge is 0.174 e. The standard InChI is InChI=1S/C16H15NO3/c1-9(2)15(19)10(3)16(20)12-6-7-13(18)14-11(12)5-4-8-17-14/h4-8,10,18H,1H2,2-3H3. The molecule has 2 rings (SSSR count). The number of Topliss-reactive ketones (excluding diaryl/α,β-unsaturated/α-hetero) is 2.